The molecule has 0 atom stereocenters. The number of nitrogens with zero attached hydrogens (tertiary/aromatic N) is 2. The first kappa shape index (κ1) is 15.5. The molecule has 10 heteroatoms. The van der Waals surface area contributed by atoms with E-state index in [2.05, 4.69) is 19.7 Å². The van der Waals surface area contributed by atoms with E-state index in [9.17, 15) is 8.78 Å². The summed E-state index contributed by atoms with van der Waals surface area (Å²) in [7, 11) is -1.59. The summed E-state index contributed by atoms with van der Waals surface area (Å²) < 4.78 is 40.9. The Kier molecular flexibility index (Phi) is 3.44. The first-order valence-corrected chi connectivity index (χ1v) is 7.12. The highest BCUT2D eigenvalue weighted by Gasteiger charge is 2.45. The second-order valence-corrected chi connectivity index (χ2v) is 5.21. The van der Waals surface area contributed by atoms with Gasteiger partial charge in [0.15, 0.2) is 11.5 Å². The lowest BCUT2D eigenvalue weighted by atomic mass is 9.80. The Labute approximate surface area is 139 Å². The molecule has 2 N–H and O–H groups in total. The maximum absolute atomic E-state index is 13.3. The molecular weight excluding hydrogens is 337 g/mol. The van der Waals surface area contributed by atoms with Crippen LogP contribution in [-0.4, -0.2) is 33.7 Å². The summed E-state index contributed by atoms with van der Waals surface area (Å²) >= 11 is 0. The Morgan fingerprint density at radius 1 is 0.920 bits per heavy atom. The summed E-state index contributed by atoms with van der Waals surface area (Å²) in [6.07, 6.45) is -3.75. The Hall–Kier alpha value is -2.98. The van der Waals surface area contributed by atoms with Gasteiger partial charge in [-0.05, 0) is 29.7 Å². The molecule has 0 bridgehead atoms. The van der Waals surface area contributed by atoms with E-state index in [1.165, 1.54) is 30.3 Å². The lowest BCUT2D eigenvalue weighted by Gasteiger charge is -2.05. The second-order valence-electron chi connectivity index (χ2n) is 5.21. The SMILES string of the molecule is OB(O)c1ccc(-c2nnc(-c3cccc4c3OC(F)(F)O4)o2)cc1. The van der Waals surface area contributed by atoms with E-state index in [1.807, 2.05) is 0 Å². The van der Waals surface area contributed by atoms with Crippen molar-refractivity contribution < 1.29 is 32.7 Å². The van der Waals surface area contributed by atoms with Crippen LogP contribution in [0.1, 0.15) is 0 Å². The number of rotatable bonds is 3. The van der Waals surface area contributed by atoms with Crippen LogP contribution < -0.4 is 14.9 Å². The van der Waals surface area contributed by atoms with Gasteiger partial charge in [0.1, 0.15) is 0 Å². The van der Waals surface area contributed by atoms with E-state index < -0.39 is 13.4 Å². The van der Waals surface area contributed by atoms with Crippen LogP contribution in [0.4, 0.5) is 8.78 Å². The van der Waals surface area contributed by atoms with Gasteiger partial charge in [0.05, 0.1) is 5.56 Å². The molecule has 2 aromatic carbocycles. The van der Waals surface area contributed by atoms with E-state index in [0.717, 1.165) is 0 Å². The summed E-state index contributed by atoms with van der Waals surface area (Å²) in [6, 6.07) is 10.4. The van der Waals surface area contributed by atoms with Crippen molar-refractivity contribution in [2.45, 2.75) is 6.29 Å². The first-order valence-electron chi connectivity index (χ1n) is 7.12. The molecule has 7 nitrogen and oxygen atoms in total. The van der Waals surface area contributed by atoms with Gasteiger partial charge in [0.2, 0.25) is 5.89 Å². The molecule has 1 aliphatic heterocycles. The van der Waals surface area contributed by atoms with Gasteiger partial charge in [-0.25, -0.2) is 0 Å². The van der Waals surface area contributed by atoms with Crippen LogP contribution in [0.3, 0.4) is 0 Å². The fourth-order valence-corrected chi connectivity index (χ4v) is 2.38. The molecule has 2 heterocycles. The van der Waals surface area contributed by atoms with Crippen molar-refractivity contribution in [3.8, 4) is 34.4 Å². The van der Waals surface area contributed by atoms with Crippen molar-refractivity contribution in [2.24, 2.45) is 0 Å². The maximum Gasteiger partial charge on any atom is 0.586 e. The Bertz CT molecular complexity index is 930. The van der Waals surface area contributed by atoms with E-state index in [0.29, 0.717) is 11.0 Å². The van der Waals surface area contributed by atoms with Crippen molar-refractivity contribution >= 4 is 12.6 Å². The molecule has 1 aromatic heterocycles. The molecule has 126 valence electrons. The van der Waals surface area contributed by atoms with Gasteiger partial charge in [-0.2, -0.15) is 0 Å². The van der Waals surface area contributed by atoms with Gasteiger partial charge >= 0.3 is 13.4 Å². The average molecular weight is 346 g/mol. The smallest absolute Gasteiger partial charge is 0.423 e. The number of para-hydroxylation sites is 1. The van der Waals surface area contributed by atoms with Gasteiger partial charge in [-0.1, -0.05) is 18.2 Å². The zero-order valence-electron chi connectivity index (χ0n) is 12.4. The highest BCUT2D eigenvalue weighted by molar-refractivity contribution is 6.58. The van der Waals surface area contributed by atoms with E-state index in [4.69, 9.17) is 14.5 Å². The molecule has 25 heavy (non-hydrogen) atoms. The van der Waals surface area contributed by atoms with Crippen LogP contribution in [0.5, 0.6) is 11.5 Å². The molecular formula is C15H9BF2N2O5. The summed E-state index contributed by atoms with van der Waals surface area (Å²) in [5.74, 6) is -0.179. The van der Waals surface area contributed by atoms with Crippen molar-refractivity contribution in [3.63, 3.8) is 0 Å². The van der Waals surface area contributed by atoms with Crippen LogP contribution in [0.15, 0.2) is 46.9 Å². The Morgan fingerprint density at radius 3 is 2.36 bits per heavy atom. The molecule has 3 aromatic rings. The zero-order valence-corrected chi connectivity index (χ0v) is 12.4. The molecule has 0 aliphatic carbocycles. The van der Waals surface area contributed by atoms with Gasteiger partial charge in [-0.3, -0.25) is 0 Å². The molecule has 4 rings (SSSR count). The number of ether oxygens (including phenoxy) is 2. The number of benzene rings is 2. The standard InChI is InChI=1S/C15H9BF2N2O5/c17-15(18)24-11-3-1-2-10(12(11)25-15)14-20-19-13(23-14)8-4-6-9(7-5-8)16(21)22/h1-7,21-22H. The van der Waals surface area contributed by atoms with Crippen LogP contribution in [0.25, 0.3) is 22.9 Å². The van der Waals surface area contributed by atoms with Crippen LogP contribution in [-0.2, 0) is 0 Å². The van der Waals surface area contributed by atoms with E-state index >= 15 is 0 Å². The largest absolute Gasteiger partial charge is 0.586 e. The van der Waals surface area contributed by atoms with Gasteiger partial charge in [-0.15, -0.1) is 19.0 Å². The normalized spacial score (nSPS) is 14.6. The van der Waals surface area contributed by atoms with E-state index in [-0.39, 0.29) is 28.8 Å². The maximum atomic E-state index is 13.3. The number of fused-ring (bicyclic) bond motifs is 1. The predicted molar refractivity (Wildman–Crippen MR) is 81.2 cm³/mol. The first-order chi connectivity index (χ1) is 11.9. The molecule has 0 unspecified atom stereocenters. The number of hydrogen-bond donors (Lipinski definition) is 2. The van der Waals surface area contributed by atoms with Gasteiger partial charge in [0.25, 0.3) is 5.89 Å². The Morgan fingerprint density at radius 2 is 1.64 bits per heavy atom. The van der Waals surface area contributed by atoms with Gasteiger partial charge < -0.3 is 23.9 Å². The lowest BCUT2D eigenvalue weighted by molar-refractivity contribution is -0.286. The summed E-state index contributed by atoms with van der Waals surface area (Å²) in [5, 5.41) is 25.9. The summed E-state index contributed by atoms with van der Waals surface area (Å²) in [4.78, 5) is 0. The monoisotopic (exact) mass is 346 g/mol. The zero-order chi connectivity index (χ0) is 17.6. The minimum atomic E-state index is -3.75. The molecule has 0 amide bonds. The van der Waals surface area contributed by atoms with Crippen LogP contribution in [0, 0.1) is 0 Å². The fraction of sp³-hybridized carbons (Fsp3) is 0.0667. The minimum absolute atomic E-state index is 0.0144. The van der Waals surface area contributed by atoms with Crippen molar-refractivity contribution in [3.05, 3.63) is 42.5 Å². The number of hydrogen-bond acceptors (Lipinski definition) is 7. The average Bonchev–Trinajstić information content (AvgIpc) is 3.17. The topological polar surface area (TPSA) is 97.8 Å². The summed E-state index contributed by atoms with van der Waals surface area (Å²) in [6.45, 7) is 0. The quantitative estimate of drug-likeness (QED) is 0.692. The van der Waals surface area contributed by atoms with E-state index in [1.54, 1.807) is 12.1 Å². The van der Waals surface area contributed by atoms with Gasteiger partial charge in [0, 0.05) is 5.56 Å². The molecule has 0 fully saturated rings. The molecule has 0 saturated heterocycles. The van der Waals surface area contributed by atoms with Crippen molar-refractivity contribution in [2.75, 3.05) is 0 Å². The third-order valence-corrected chi connectivity index (χ3v) is 3.54. The van der Waals surface area contributed by atoms with Crippen LogP contribution >= 0.6 is 0 Å². The van der Waals surface area contributed by atoms with Crippen LogP contribution in [0.2, 0.25) is 0 Å². The minimum Gasteiger partial charge on any atom is -0.423 e. The van der Waals surface area contributed by atoms with Crippen molar-refractivity contribution in [1.82, 2.24) is 10.2 Å². The second kappa shape index (κ2) is 5.54. The Balaban J connectivity index is 1.68. The molecule has 0 radical (unpaired) electrons. The third kappa shape index (κ3) is 2.81. The number of aromatic nitrogens is 2. The number of halogens is 2. The third-order valence-electron chi connectivity index (χ3n) is 3.54. The molecule has 0 spiro atoms. The number of alkyl halides is 2. The van der Waals surface area contributed by atoms with Crippen molar-refractivity contribution in [1.29, 1.82) is 0 Å². The fourth-order valence-electron chi connectivity index (χ4n) is 2.38. The molecule has 0 saturated carbocycles. The highest BCUT2D eigenvalue weighted by atomic mass is 19.3. The highest BCUT2D eigenvalue weighted by Crippen LogP contribution is 2.46. The predicted octanol–water partition coefficient (Wildman–Crippen LogP) is 1.40. The summed E-state index contributed by atoms with van der Waals surface area (Å²) in [5.41, 5.74) is 1.01. The lowest BCUT2D eigenvalue weighted by Crippen LogP contribution is -2.29. The molecule has 1 aliphatic rings.